The van der Waals surface area contributed by atoms with Crippen molar-refractivity contribution < 1.29 is 13.9 Å². The Kier molecular flexibility index (Phi) is 4.35. The molecule has 0 heterocycles. The summed E-state index contributed by atoms with van der Waals surface area (Å²) >= 11 is 0. The van der Waals surface area contributed by atoms with Gasteiger partial charge in [0.05, 0.1) is 7.11 Å². The molecular formula is C16H16FNO2. The van der Waals surface area contributed by atoms with E-state index in [1.54, 1.807) is 13.2 Å². The van der Waals surface area contributed by atoms with Gasteiger partial charge in [-0.2, -0.15) is 0 Å². The highest BCUT2D eigenvalue weighted by molar-refractivity contribution is 5.84. The Morgan fingerprint density at radius 2 is 2.00 bits per heavy atom. The van der Waals surface area contributed by atoms with Gasteiger partial charge in [0.2, 0.25) is 0 Å². The normalized spacial score (nSPS) is 10.2. The van der Waals surface area contributed by atoms with Crippen molar-refractivity contribution in [1.29, 1.82) is 0 Å². The van der Waals surface area contributed by atoms with Crippen LogP contribution in [0.4, 0.5) is 10.1 Å². The molecule has 0 saturated carbocycles. The van der Waals surface area contributed by atoms with E-state index in [1.807, 2.05) is 36.2 Å². The van der Waals surface area contributed by atoms with Crippen LogP contribution in [0.15, 0.2) is 42.5 Å². The van der Waals surface area contributed by atoms with Crippen LogP contribution in [0.25, 0.3) is 0 Å². The summed E-state index contributed by atoms with van der Waals surface area (Å²) in [6.45, 7) is 0.566. The van der Waals surface area contributed by atoms with E-state index in [2.05, 4.69) is 0 Å². The third kappa shape index (κ3) is 2.96. The van der Waals surface area contributed by atoms with Crippen LogP contribution >= 0.6 is 0 Å². The quantitative estimate of drug-likeness (QED) is 0.783. The summed E-state index contributed by atoms with van der Waals surface area (Å²) in [4.78, 5) is 12.9. The number of ether oxygens (including phenoxy) is 1. The number of benzene rings is 2. The number of para-hydroxylation sites is 1. The van der Waals surface area contributed by atoms with Crippen molar-refractivity contribution in [1.82, 2.24) is 0 Å². The minimum Gasteiger partial charge on any atom is -0.496 e. The summed E-state index contributed by atoms with van der Waals surface area (Å²) in [7, 11) is 3.47. The van der Waals surface area contributed by atoms with Gasteiger partial charge in [0.1, 0.15) is 11.6 Å². The van der Waals surface area contributed by atoms with E-state index in [9.17, 15) is 9.18 Å². The predicted octanol–water partition coefficient (Wildman–Crippen LogP) is 3.28. The molecule has 0 bridgehead atoms. The molecule has 0 atom stereocenters. The van der Waals surface area contributed by atoms with E-state index in [0.29, 0.717) is 24.1 Å². The molecule has 2 aromatic rings. The van der Waals surface area contributed by atoms with Crippen LogP contribution in [0.2, 0.25) is 0 Å². The van der Waals surface area contributed by atoms with Crippen molar-refractivity contribution in [3.05, 3.63) is 59.4 Å². The molecule has 2 aromatic carbocycles. The first-order valence-corrected chi connectivity index (χ1v) is 6.23. The summed E-state index contributed by atoms with van der Waals surface area (Å²) < 4.78 is 18.4. The fourth-order valence-electron chi connectivity index (χ4n) is 2.14. The van der Waals surface area contributed by atoms with Gasteiger partial charge in [-0.05, 0) is 24.3 Å². The van der Waals surface area contributed by atoms with Crippen LogP contribution in [0.3, 0.4) is 0 Å². The van der Waals surface area contributed by atoms with Crippen molar-refractivity contribution in [2.24, 2.45) is 0 Å². The number of halogens is 1. The largest absolute Gasteiger partial charge is 0.496 e. The minimum absolute atomic E-state index is 0.336. The molecule has 0 aliphatic rings. The molecule has 0 spiro atoms. The zero-order valence-corrected chi connectivity index (χ0v) is 11.5. The number of methoxy groups -OCH3 is 1. The molecule has 20 heavy (non-hydrogen) atoms. The number of aldehydes is 1. The zero-order chi connectivity index (χ0) is 14.5. The van der Waals surface area contributed by atoms with E-state index < -0.39 is 5.82 Å². The molecule has 0 radical (unpaired) electrons. The Balaban J connectivity index is 2.28. The fourth-order valence-corrected chi connectivity index (χ4v) is 2.14. The van der Waals surface area contributed by atoms with Crippen LogP contribution < -0.4 is 9.64 Å². The summed E-state index contributed by atoms with van der Waals surface area (Å²) in [6, 6.07) is 11.9. The Hall–Kier alpha value is -2.36. The number of carbonyl (C=O) groups is 1. The SMILES string of the molecule is COc1ccccc1CN(C)c1ccc(F)cc1C=O. The predicted molar refractivity (Wildman–Crippen MR) is 76.9 cm³/mol. The van der Waals surface area contributed by atoms with Gasteiger partial charge in [-0.15, -0.1) is 0 Å². The summed E-state index contributed by atoms with van der Waals surface area (Å²) in [6.07, 6.45) is 0.664. The molecule has 104 valence electrons. The molecule has 0 amide bonds. The van der Waals surface area contributed by atoms with E-state index >= 15 is 0 Å². The van der Waals surface area contributed by atoms with E-state index in [1.165, 1.54) is 12.1 Å². The lowest BCUT2D eigenvalue weighted by Gasteiger charge is -2.22. The standard InChI is InChI=1S/C16H16FNO2/c1-18(10-12-5-3-4-6-16(12)20-2)15-8-7-14(17)9-13(15)11-19/h3-9,11H,10H2,1-2H3. The molecule has 3 nitrogen and oxygen atoms in total. The Labute approximate surface area is 117 Å². The lowest BCUT2D eigenvalue weighted by Crippen LogP contribution is -2.18. The number of carbonyl (C=O) groups excluding carboxylic acids is 1. The summed E-state index contributed by atoms with van der Waals surface area (Å²) in [5.74, 6) is 0.371. The smallest absolute Gasteiger partial charge is 0.152 e. The van der Waals surface area contributed by atoms with Crippen molar-refractivity contribution in [2.75, 3.05) is 19.1 Å². The van der Waals surface area contributed by atoms with Gasteiger partial charge in [-0.1, -0.05) is 18.2 Å². The Bertz CT molecular complexity index is 613. The van der Waals surface area contributed by atoms with Gasteiger partial charge in [0.15, 0.2) is 6.29 Å². The van der Waals surface area contributed by atoms with E-state index in [-0.39, 0.29) is 0 Å². The third-order valence-corrected chi connectivity index (χ3v) is 3.13. The van der Waals surface area contributed by atoms with Crippen LogP contribution in [-0.2, 0) is 6.54 Å². The van der Waals surface area contributed by atoms with Crippen molar-refractivity contribution in [2.45, 2.75) is 6.54 Å². The van der Waals surface area contributed by atoms with Crippen molar-refractivity contribution in [3.8, 4) is 5.75 Å². The van der Waals surface area contributed by atoms with Crippen molar-refractivity contribution in [3.63, 3.8) is 0 Å². The Morgan fingerprint density at radius 1 is 1.25 bits per heavy atom. The molecule has 0 aliphatic heterocycles. The number of rotatable bonds is 5. The number of anilines is 1. The molecule has 0 aromatic heterocycles. The van der Waals surface area contributed by atoms with E-state index in [4.69, 9.17) is 4.74 Å². The zero-order valence-electron chi connectivity index (χ0n) is 11.5. The molecule has 0 N–H and O–H groups in total. The first kappa shape index (κ1) is 14.1. The molecule has 0 aliphatic carbocycles. The van der Waals surface area contributed by atoms with Crippen LogP contribution in [0, 0.1) is 5.82 Å². The maximum Gasteiger partial charge on any atom is 0.152 e. The van der Waals surface area contributed by atoms with Gasteiger partial charge in [0, 0.05) is 30.4 Å². The number of hydrogen-bond acceptors (Lipinski definition) is 3. The average Bonchev–Trinajstić information content (AvgIpc) is 2.47. The molecule has 2 rings (SSSR count). The second-order valence-corrected chi connectivity index (χ2v) is 4.49. The van der Waals surface area contributed by atoms with E-state index in [0.717, 1.165) is 11.3 Å². The lowest BCUT2D eigenvalue weighted by atomic mass is 10.1. The maximum absolute atomic E-state index is 13.1. The second kappa shape index (κ2) is 6.19. The third-order valence-electron chi connectivity index (χ3n) is 3.13. The first-order valence-electron chi connectivity index (χ1n) is 6.23. The van der Waals surface area contributed by atoms with Gasteiger partial charge in [0.25, 0.3) is 0 Å². The van der Waals surface area contributed by atoms with Crippen molar-refractivity contribution >= 4 is 12.0 Å². The van der Waals surface area contributed by atoms with Gasteiger partial charge < -0.3 is 9.64 Å². The summed E-state index contributed by atoms with van der Waals surface area (Å²) in [5.41, 5.74) is 2.02. The van der Waals surface area contributed by atoms with Gasteiger partial charge in [-0.25, -0.2) is 4.39 Å². The number of hydrogen-bond donors (Lipinski definition) is 0. The van der Waals surface area contributed by atoms with Gasteiger partial charge in [-0.3, -0.25) is 4.79 Å². The molecular weight excluding hydrogens is 257 g/mol. The maximum atomic E-state index is 13.1. The molecule has 0 saturated heterocycles. The molecule has 0 unspecified atom stereocenters. The molecule has 0 fully saturated rings. The van der Waals surface area contributed by atoms with Gasteiger partial charge >= 0.3 is 0 Å². The van der Waals surface area contributed by atoms with Crippen LogP contribution in [-0.4, -0.2) is 20.4 Å². The second-order valence-electron chi connectivity index (χ2n) is 4.49. The summed E-state index contributed by atoms with van der Waals surface area (Å²) in [5, 5.41) is 0. The monoisotopic (exact) mass is 273 g/mol. The number of nitrogens with zero attached hydrogens (tertiary/aromatic N) is 1. The average molecular weight is 273 g/mol. The lowest BCUT2D eigenvalue weighted by molar-refractivity contribution is 0.112. The highest BCUT2D eigenvalue weighted by atomic mass is 19.1. The highest BCUT2D eigenvalue weighted by Gasteiger charge is 2.11. The minimum atomic E-state index is -0.415. The van der Waals surface area contributed by atoms with Crippen LogP contribution in [0.5, 0.6) is 5.75 Å². The Morgan fingerprint density at radius 3 is 2.70 bits per heavy atom. The fraction of sp³-hybridized carbons (Fsp3) is 0.188. The molecule has 4 heteroatoms. The highest BCUT2D eigenvalue weighted by Crippen LogP contribution is 2.24. The topological polar surface area (TPSA) is 29.5 Å². The van der Waals surface area contributed by atoms with Crippen LogP contribution in [0.1, 0.15) is 15.9 Å². The first-order chi connectivity index (χ1) is 9.65.